The molecule has 0 amide bonds. The lowest BCUT2D eigenvalue weighted by Crippen LogP contribution is -2.31. The van der Waals surface area contributed by atoms with Gasteiger partial charge >= 0.3 is 0 Å². The van der Waals surface area contributed by atoms with Crippen molar-refractivity contribution in [3.63, 3.8) is 0 Å². The van der Waals surface area contributed by atoms with Gasteiger partial charge in [0, 0.05) is 20.2 Å². The number of nitrogens with one attached hydrogen (secondary N) is 1. The maximum atomic E-state index is 4.99. The first-order valence-electron chi connectivity index (χ1n) is 5.82. The van der Waals surface area contributed by atoms with Crippen molar-refractivity contribution in [1.82, 2.24) is 5.32 Å². The lowest BCUT2D eigenvalue weighted by molar-refractivity contribution is 0.192. The highest BCUT2D eigenvalue weighted by molar-refractivity contribution is 4.71. The van der Waals surface area contributed by atoms with Crippen LogP contribution < -0.4 is 5.32 Å². The molecule has 0 aromatic heterocycles. The van der Waals surface area contributed by atoms with E-state index in [0.29, 0.717) is 5.41 Å². The molecule has 14 heavy (non-hydrogen) atoms. The number of unbranched alkanes of at least 4 members (excludes halogenated alkanes) is 2. The van der Waals surface area contributed by atoms with Crippen LogP contribution >= 0.6 is 0 Å². The summed E-state index contributed by atoms with van der Waals surface area (Å²) in [5.41, 5.74) is 0.433. The van der Waals surface area contributed by atoms with Gasteiger partial charge < -0.3 is 10.1 Å². The fraction of sp³-hybridized carbons (Fsp3) is 1.00. The Balaban J connectivity index is 3.40. The molecule has 0 radical (unpaired) electrons. The Bertz CT molecular complexity index is 123. The van der Waals surface area contributed by atoms with Crippen molar-refractivity contribution in [2.45, 2.75) is 46.5 Å². The zero-order valence-corrected chi connectivity index (χ0v) is 10.4. The van der Waals surface area contributed by atoms with E-state index in [2.05, 4.69) is 26.1 Å². The van der Waals surface area contributed by atoms with Crippen molar-refractivity contribution < 1.29 is 4.74 Å². The molecule has 0 unspecified atom stereocenters. The third kappa shape index (κ3) is 8.52. The number of methoxy groups -OCH3 is 1. The van der Waals surface area contributed by atoms with Crippen molar-refractivity contribution in [1.29, 1.82) is 0 Å². The molecule has 0 aliphatic carbocycles. The molecule has 0 fully saturated rings. The van der Waals surface area contributed by atoms with Crippen LogP contribution in [0.2, 0.25) is 0 Å². The lowest BCUT2D eigenvalue weighted by atomic mass is 9.87. The van der Waals surface area contributed by atoms with Crippen LogP contribution in [0.5, 0.6) is 0 Å². The van der Waals surface area contributed by atoms with Crippen LogP contribution in [0.3, 0.4) is 0 Å². The Morgan fingerprint density at radius 1 is 1.21 bits per heavy atom. The highest BCUT2D eigenvalue weighted by atomic mass is 16.5. The summed E-state index contributed by atoms with van der Waals surface area (Å²) < 4.78 is 4.99. The van der Waals surface area contributed by atoms with Crippen LogP contribution in [0.4, 0.5) is 0 Å². The molecule has 0 heterocycles. The molecule has 1 N–H and O–H groups in total. The van der Waals surface area contributed by atoms with Gasteiger partial charge in [-0.25, -0.2) is 0 Å². The van der Waals surface area contributed by atoms with E-state index in [0.717, 1.165) is 19.7 Å². The van der Waals surface area contributed by atoms with E-state index < -0.39 is 0 Å². The SMILES string of the molecule is CCCCCC(C)(C)CNCCOC. The summed E-state index contributed by atoms with van der Waals surface area (Å²) in [5, 5.41) is 3.43. The summed E-state index contributed by atoms with van der Waals surface area (Å²) in [6.07, 6.45) is 5.35. The number of hydrogen-bond acceptors (Lipinski definition) is 2. The molecule has 0 rings (SSSR count). The van der Waals surface area contributed by atoms with E-state index in [1.165, 1.54) is 25.7 Å². The van der Waals surface area contributed by atoms with Crippen molar-refractivity contribution in [3.05, 3.63) is 0 Å². The summed E-state index contributed by atoms with van der Waals surface area (Å²) in [6.45, 7) is 9.80. The van der Waals surface area contributed by atoms with Crippen molar-refractivity contribution in [2.24, 2.45) is 5.41 Å². The Labute approximate surface area is 89.4 Å². The van der Waals surface area contributed by atoms with Gasteiger partial charge in [-0.2, -0.15) is 0 Å². The Morgan fingerprint density at radius 2 is 1.93 bits per heavy atom. The van der Waals surface area contributed by atoms with Gasteiger partial charge in [0.15, 0.2) is 0 Å². The maximum Gasteiger partial charge on any atom is 0.0587 e. The zero-order chi connectivity index (χ0) is 10.9. The van der Waals surface area contributed by atoms with Gasteiger partial charge in [0.2, 0.25) is 0 Å². The summed E-state index contributed by atoms with van der Waals surface area (Å²) in [4.78, 5) is 0. The van der Waals surface area contributed by atoms with Gasteiger partial charge in [-0.15, -0.1) is 0 Å². The second kappa shape index (κ2) is 8.25. The van der Waals surface area contributed by atoms with Gasteiger partial charge in [0.25, 0.3) is 0 Å². The van der Waals surface area contributed by atoms with Crippen LogP contribution in [0, 0.1) is 5.41 Å². The van der Waals surface area contributed by atoms with E-state index in [9.17, 15) is 0 Å². The van der Waals surface area contributed by atoms with E-state index >= 15 is 0 Å². The third-order valence-electron chi connectivity index (χ3n) is 2.54. The van der Waals surface area contributed by atoms with E-state index in [4.69, 9.17) is 4.74 Å². The van der Waals surface area contributed by atoms with Crippen LogP contribution in [0.1, 0.15) is 46.5 Å². The molecule has 0 aliphatic rings. The summed E-state index contributed by atoms with van der Waals surface area (Å²) >= 11 is 0. The fourth-order valence-electron chi connectivity index (χ4n) is 1.54. The van der Waals surface area contributed by atoms with Gasteiger partial charge in [0.1, 0.15) is 0 Å². The number of rotatable bonds is 9. The van der Waals surface area contributed by atoms with E-state index in [-0.39, 0.29) is 0 Å². The number of ether oxygens (including phenoxy) is 1. The minimum Gasteiger partial charge on any atom is -0.383 e. The summed E-state index contributed by atoms with van der Waals surface area (Å²) in [6, 6.07) is 0. The zero-order valence-electron chi connectivity index (χ0n) is 10.4. The molecular formula is C12H27NO. The monoisotopic (exact) mass is 201 g/mol. The Kier molecular flexibility index (Phi) is 8.20. The second-order valence-electron chi connectivity index (χ2n) is 4.79. The van der Waals surface area contributed by atoms with Gasteiger partial charge in [-0.05, 0) is 11.8 Å². The normalized spacial score (nSPS) is 12.0. The van der Waals surface area contributed by atoms with Crippen LogP contribution in [0.15, 0.2) is 0 Å². The Hall–Kier alpha value is -0.0800. The van der Waals surface area contributed by atoms with Gasteiger partial charge in [-0.3, -0.25) is 0 Å². The predicted octanol–water partition coefficient (Wildman–Crippen LogP) is 2.83. The molecule has 0 saturated heterocycles. The molecule has 0 atom stereocenters. The number of hydrogen-bond donors (Lipinski definition) is 1. The molecule has 0 aliphatic heterocycles. The molecule has 0 spiro atoms. The molecule has 86 valence electrons. The quantitative estimate of drug-likeness (QED) is 0.579. The highest BCUT2D eigenvalue weighted by Crippen LogP contribution is 2.22. The van der Waals surface area contributed by atoms with E-state index in [1.54, 1.807) is 7.11 Å². The fourth-order valence-corrected chi connectivity index (χ4v) is 1.54. The maximum absolute atomic E-state index is 4.99. The first-order valence-corrected chi connectivity index (χ1v) is 5.82. The van der Waals surface area contributed by atoms with Crippen molar-refractivity contribution >= 4 is 0 Å². The molecule has 0 aromatic carbocycles. The van der Waals surface area contributed by atoms with Gasteiger partial charge in [-0.1, -0.05) is 40.0 Å². The lowest BCUT2D eigenvalue weighted by Gasteiger charge is -2.25. The standard InChI is InChI=1S/C12H27NO/c1-5-6-7-8-12(2,3)11-13-9-10-14-4/h13H,5-11H2,1-4H3. The molecular weight excluding hydrogens is 174 g/mol. The largest absolute Gasteiger partial charge is 0.383 e. The first kappa shape index (κ1) is 13.9. The molecule has 0 saturated carbocycles. The molecule has 2 nitrogen and oxygen atoms in total. The average Bonchev–Trinajstić information content (AvgIpc) is 2.13. The Morgan fingerprint density at radius 3 is 2.50 bits per heavy atom. The average molecular weight is 201 g/mol. The smallest absolute Gasteiger partial charge is 0.0587 e. The summed E-state index contributed by atoms with van der Waals surface area (Å²) in [5.74, 6) is 0. The van der Waals surface area contributed by atoms with Crippen LogP contribution in [-0.2, 0) is 4.74 Å². The van der Waals surface area contributed by atoms with Crippen LogP contribution in [-0.4, -0.2) is 26.8 Å². The van der Waals surface area contributed by atoms with Crippen LogP contribution in [0.25, 0.3) is 0 Å². The third-order valence-corrected chi connectivity index (χ3v) is 2.54. The summed E-state index contributed by atoms with van der Waals surface area (Å²) in [7, 11) is 1.74. The first-order chi connectivity index (χ1) is 6.62. The van der Waals surface area contributed by atoms with Crippen molar-refractivity contribution in [3.8, 4) is 0 Å². The topological polar surface area (TPSA) is 21.3 Å². The van der Waals surface area contributed by atoms with Crippen molar-refractivity contribution in [2.75, 3.05) is 26.8 Å². The predicted molar refractivity (Wildman–Crippen MR) is 62.7 cm³/mol. The minimum atomic E-state index is 0.433. The highest BCUT2D eigenvalue weighted by Gasteiger charge is 2.15. The second-order valence-corrected chi connectivity index (χ2v) is 4.79. The minimum absolute atomic E-state index is 0.433. The molecule has 0 bridgehead atoms. The van der Waals surface area contributed by atoms with Gasteiger partial charge in [0.05, 0.1) is 6.61 Å². The molecule has 0 aromatic rings. The van der Waals surface area contributed by atoms with E-state index in [1.807, 2.05) is 0 Å². The molecule has 2 heteroatoms.